The Kier molecular flexibility index (Phi) is 7.18. The quantitative estimate of drug-likeness (QED) is 0.303. The monoisotopic (exact) mass is 572 g/mol. The van der Waals surface area contributed by atoms with Crippen molar-refractivity contribution >= 4 is 0 Å². The summed E-state index contributed by atoms with van der Waals surface area (Å²) in [6.07, 6.45) is 26.1. The fourth-order valence-corrected chi connectivity index (χ4v) is 13.1. The van der Waals surface area contributed by atoms with Crippen LogP contribution in [0, 0.1) is 57.2 Å². The molecule has 6 unspecified atom stereocenters. The molecule has 0 aromatic rings. The number of hydrogen-bond donors (Lipinski definition) is 2. The van der Waals surface area contributed by atoms with Gasteiger partial charge in [0, 0.05) is 0 Å². The molecule has 0 aliphatic heterocycles. The molecule has 2 N–H and O–H groups in total. The van der Waals surface area contributed by atoms with Crippen molar-refractivity contribution in [1.29, 1.82) is 0 Å². The van der Waals surface area contributed by atoms with Gasteiger partial charge in [0.2, 0.25) is 0 Å². The van der Waals surface area contributed by atoms with Crippen molar-refractivity contribution in [3.8, 4) is 0 Å². The van der Waals surface area contributed by atoms with E-state index in [-0.39, 0.29) is 23.0 Å². The van der Waals surface area contributed by atoms with Crippen LogP contribution >= 0.6 is 0 Å². The maximum Gasteiger partial charge on any atom is 0.0596 e. The molecule has 0 aromatic carbocycles. The van der Waals surface area contributed by atoms with Crippen molar-refractivity contribution in [3.63, 3.8) is 0 Å². The summed E-state index contributed by atoms with van der Waals surface area (Å²) in [6.45, 7) is 16.3. The van der Waals surface area contributed by atoms with Crippen molar-refractivity contribution < 1.29 is 10.2 Å². The van der Waals surface area contributed by atoms with Gasteiger partial charge in [-0.3, -0.25) is 0 Å². The van der Waals surface area contributed by atoms with E-state index in [1.807, 2.05) is 0 Å². The van der Waals surface area contributed by atoms with Crippen molar-refractivity contribution in [3.05, 3.63) is 47.1 Å². The topological polar surface area (TPSA) is 40.5 Å². The zero-order chi connectivity index (χ0) is 29.7. The molecule has 42 heavy (non-hydrogen) atoms. The summed E-state index contributed by atoms with van der Waals surface area (Å²) in [5.41, 5.74) is 7.51. The molecule has 8 aliphatic carbocycles. The minimum atomic E-state index is -0.0462. The summed E-state index contributed by atoms with van der Waals surface area (Å²) in [7, 11) is 0. The number of aliphatic hydroxyl groups is 2. The molecule has 8 rings (SSSR count). The molecule has 5 saturated carbocycles. The molecule has 2 nitrogen and oxygen atoms in total. The van der Waals surface area contributed by atoms with Gasteiger partial charge in [-0.2, -0.15) is 0 Å². The van der Waals surface area contributed by atoms with Crippen LogP contribution in [0.2, 0.25) is 0 Å². The van der Waals surface area contributed by atoms with E-state index >= 15 is 0 Å². The maximum absolute atomic E-state index is 10.5. The highest BCUT2D eigenvalue weighted by Gasteiger charge is 2.59. The molecule has 0 bridgehead atoms. The Balaban J connectivity index is 0.000000137. The van der Waals surface area contributed by atoms with Crippen molar-refractivity contribution in [2.45, 2.75) is 143 Å². The Morgan fingerprint density at radius 1 is 0.643 bits per heavy atom. The molecule has 8 aliphatic rings. The standard InChI is InChI=1S/2C20H30O/c2*1-13-8-10-19(2)14(12-13)4-5-15-16-6-7-18(21)20(16,3)11-9-17(15)19/h4,12,15-18,21H,5-11H2,1-3H3;12,15-18,21H,1,4-11H2,2-3H3/t2*15?,16?,17?,18-,19-,20-/m00/s1. The molecule has 2 heteroatoms. The Bertz CT molecular complexity index is 1210. The lowest BCUT2D eigenvalue weighted by molar-refractivity contribution is -0.0727. The van der Waals surface area contributed by atoms with E-state index < -0.39 is 0 Å². The molecule has 0 heterocycles. The van der Waals surface area contributed by atoms with Gasteiger partial charge in [0.05, 0.1) is 12.2 Å². The summed E-state index contributed by atoms with van der Waals surface area (Å²) in [5, 5.41) is 21.0. The molecule has 0 radical (unpaired) electrons. The van der Waals surface area contributed by atoms with E-state index in [0.29, 0.717) is 10.8 Å². The highest BCUT2D eigenvalue weighted by molar-refractivity contribution is 5.37. The van der Waals surface area contributed by atoms with Crippen LogP contribution in [0.4, 0.5) is 0 Å². The molecule has 0 amide bonds. The van der Waals surface area contributed by atoms with E-state index in [0.717, 1.165) is 48.3 Å². The van der Waals surface area contributed by atoms with Crippen LogP contribution < -0.4 is 0 Å². The molecule has 0 spiro atoms. The molecule has 0 saturated heterocycles. The molecule has 0 aromatic heterocycles. The smallest absolute Gasteiger partial charge is 0.0596 e. The molecular weight excluding hydrogens is 512 g/mol. The first kappa shape index (κ1) is 29.6. The maximum atomic E-state index is 10.5. The van der Waals surface area contributed by atoms with Gasteiger partial charge in [-0.1, -0.05) is 69.2 Å². The molecule has 5 fully saturated rings. The Labute approximate surface area is 257 Å². The lowest BCUT2D eigenvalue weighted by Gasteiger charge is -2.58. The second-order valence-corrected chi connectivity index (χ2v) is 17.6. The van der Waals surface area contributed by atoms with Crippen LogP contribution in [0.15, 0.2) is 47.1 Å². The van der Waals surface area contributed by atoms with Crippen molar-refractivity contribution in [2.24, 2.45) is 57.2 Å². The summed E-state index contributed by atoms with van der Waals surface area (Å²) < 4.78 is 0. The van der Waals surface area contributed by atoms with Gasteiger partial charge in [0.25, 0.3) is 0 Å². The van der Waals surface area contributed by atoms with Crippen molar-refractivity contribution in [1.82, 2.24) is 0 Å². The van der Waals surface area contributed by atoms with E-state index in [1.54, 1.807) is 16.7 Å². The third kappa shape index (κ3) is 4.23. The first-order chi connectivity index (χ1) is 19.9. The van der Waals surface area contributed by atoms with Gasteiger partial charge in [-0.15, -0.1) is 0 Å². The van der Waals surface area contributed by atoms with Gasteiger partial charge in [0.15, 0.2) is 0 Å². The van der Waals surface area contributed by atoms with E-state index in [1.165, 1.54) is 89.0 Å². The zero-order valence-corrected chi connectivity index (χ0v) is 27.6. The number of allylic oxidation sites excluding steroid dienone is 7. The fraction of sp³-hybridized carbons (Fsp3) is 0.800. The van der Waals surface area contributed by atoms with Crippen LogP contribution in [0.1, 0.15) is 131 Å². The van der Waals surface area contributed by atoms with Gasteiger partial charge in [0.1, 0.15) is 0 Å². The first-order valence-electron chi connectivity index (χ1n) is 18.0. The van der Waals surface area contributed by atoms with Crippen LogP contribution in [0.3, 0.4) is 0 Å². The predicted molar refractivity (Wildman–Crippen MR) is 174 cm³/mol. The third-order valence-electron chi connectivity index (χ3n) is 15.9. The molecule has 232 valence electrons. The van der Waals surface area contributed by atoms with Crippen LogP contribution in [0.25, 0.3) is 0 Å². The van der Waals surface area contributed by atoms with Gasteiger partial charge >= 0.3 is 0 Å². The third-order valence-corrected chi connectivity index (χ3v) is 15.9. The largest absolute Gasteiger partial charge is 0.393 e. The number of aliphatic hydroxyl groups excluding tert-OH is 2. The normalized spacial score (nSPS) is 52.5. The minimum absolute atomic E-state index is 0.0423. The minimum Gasteiger partial charge on any atom is -0.393 e. The van der Waals surface area contributed by atoms with E-state index in [2.05, 4.69) is 59.4 Å². The highest BCUT2D eigenvalue weighted by atomic mass is 16.3. The highest BCUT2D eigenvalue weighted by Crippen LogP contribution is 2.66. The molecular formula is C40H60O2. The van der Waals surface area contributed by atoms with Crippen LogP contribution in [-0.4, -0.2) is 22.4 Å². The van der Waals surface area contributed by atoms with Gasteiger partial charge in [-0.25, -0.2) is 0 Å². The SMILES string of the molecule is C=C1C=C2CCC3C(CC[C@@]4(C)C3CC[C@@H]4O)[C@@]2(C)CC1.CC1=CC2=CCC3C(CC[C@@]4(C)C3CC[C@@H]4O)[C@@]2(C)CC1. The van der Waals surface area contributed by atoms with Crippen LogP contribution in [-0.2, 0) is 0 Å². The number of hydrogen-bond acceptors (Lipinski definition) is 2. The van der Waals surface area contributed by atoms with Gasteiger partial charge < -0.3 is 10.2 Å². The Hall–Kier alpha value is -1.12. The lowest BCUT2D eigenvalue weighted by Crippen LogP contribution is -2.50. The number of fused-ring (bicyclic) bond motifs is 10. The first-order valence-corrected chi connectivity index (χ1v) is 18.0. The number of rotatable bonds is 0. The predicted octanol–water partition coefficient (Wildman–Crippen LogP) is 9.73. The average Bonchev–Trinajstić information content (AvgIpc) is 3.44. The Morgan fingerprint density at radius 3 is 1.90 bits per heavy atom. The second kappa shape index (κ2) is 10.2. The van der Waals surface area contributed by atoms with E-state index in [4.69, 9.17) is 0 Å². The fourth-order valence-electron chi connectivity index (χ4n) is 13.1. The summed E-state index contributed by atoms with van der Waals surface area (Å²) >= 11 is 0. The summed E-state index contributed by atoms with van der Waals surface area (Å²) in [6, 6.07) is 0. The second-order valence-electron chi connectivity index (χ2n) is 17.6. The van der Waals surface area contributed by atoms with Crippen molar-refractivity contribution in [2.75, 3.05) is 0 Å². The van der Waals surface area contributed by atoms with Crippen LogP contribution in [0.5, 0.6) is 0 Å². The summed E-state index contributed by atoms with van der Waals surface area (Å²) in [4.78, 5) is 0. The molecule has 12 atom stereocenters. The zero-order valence-electron chi connectivity index (χ0n) is 27.6. The average molecular weight is 573 g/mol. The lowest BCUT2D eigenvalue weighted by atomic mass is 9.47. The van der Waals surface area contributed by atoms with E-state index in [9.17, 15) is 10.2 Å². The summed E-state index contributed by atoms with van der Waals surface area (Å²) in [5.74, 6) is 4.91. The Morgan fingerprint density at radius 2 is 1.24 bits per heavy atom. The van der Waals surface area contributed by atoms with Gasteiger partial charge in [-0.05, 0) is 166 Å².